The topological polar surface area (TPSA) is 43.1 Å². The standard InChI is InChI=1S/C16H25NO/c1-11(2)12(3)16(4,5)10-13-6-8-14(9-7-13)15(17)18/h6-9,11-12H,10H2,1-5H3,(H2,17,18). The van der Waals surface area contributed by atoms with E-state index in [0.717, 1.165) is 6.42 Å². The lowest BCUT2D eigenvalue weighted by Crippen LogP contribution is -2.28. The quantitative estimate of drug-likeness (QED) is 0.848. The van der Waals surface area contributed by atoms with E-state index in [1.54, 1.807) is 0 Å². The van der Waals surface area contributed by atoms with Crippen molar-refractivity contribution in [1.29, 1.82) is 0 Å². The second-order valence-corrected chi connectivity index (χ2v) is 6.26. The van der Waals surface area contributed by atoms with Gasteiger partial charge in [0.25, 0.3) is 0 Å². The normalized spacial score (nSPS) is 13.7. The van der Waals surface area contributed by atoms with Gasteiger partial charge in [0.05, 0.1) is 0 Å². The molecular weight excluding hydrogens is 222 g/mol. The zero-order valence-corrected chi connectivity index (χ0v) is 12.2. The molecule has 0 spiro atoms. The van der Waals surface area contributed by atoms with Gasteiger partial charge in [0.2, 0.25) is 5.91 Å². The molecule has 0 radical (unpaired) electrons. The Morgan fingerprint density at radius 3 is 2.06 bits per heavy atom. The Bertz CT molecular complexity index is 404. The lowest BCUT2D eigenvalue weighted by Gasteiger charge is -2.35. The van der Waals surface area contributed by atoms with Crippen molar-refractivity contribution >= 4 is 5.91 Å². The Kier molecular flexibility index (Phi) is 4.55. The largest absolute Gasteiger partial charge is 0.366 e. The number of nitrogens with two attached hydrogens (primary N) is 1. The summed E-state index contributed by atoms with van der Waals surface area (Å²) in [5.74, 6) is 0.953. The molecule has 1 unspecified atom stereocenters. The molecule has 1 aromatic rings. The van der Waals surface area contributed by atoms with Crippen LogP contribution in [0.4, 0.5) is 0 Å². The number of carbonyl (C=O) groups is 1. The van der Waals surface area contributed by atoms with Crippen molar-refractivity contribution < 1.29 is 4.79 Å². The Morgan fingerprint density at radius 1 is 1.17 bits per heavy atom. The zero-order chi connectivity index (χ0) is 13.9. The van der Waals surface area contributed by atoms with E-state index in [-0.39, 0.29) is 11.3 Å². The van der Waals surface area contributed by atoms with Crippen LogP contribution in [0, 0.1) is 17.3 Å². The Hall–Kier alpha value is -1.31. The molecule has 0 saturated heterocycles. The van der Waals surface area contributed by atoms with E-state index < -0.39 is 0 Å². The predicted octanol–water partition coefficient (Wildman–Crippen LogP) is 3.65. The maximum Gasteiger partial charge on any atom is 0.248 e. The fourth-order valence-electron chi connectivity index (χ4n) is 2.38. The minimum atomic E-state index is -0.364. The summed E-state index contributed by atoms with van der Waals surface area (Å²) in [4.78, 5) is 11.0. The molecule has 1 rings (SSSR count). The first kappa shape index (κ1) is 14.7. The summed E-state index contributed by atoms with van der Waals surface area (Å²) in [5, 5.41) is 0. The molecule has 0 aromatic heterocycles. The molecule has 2 heteroatoms. The van der Waals surface area contributed by atoms with Gasteiger partial charge in [-0.15, -0.1) is 0 Å². The van der Waals surface area contributed by atoms with Crippen LogP contribution in [0.5, 0.6) is 0 Å². The molecule has 0 aliphatic carbocycles. The van der Waals surface area contributed by atoms with E-state index in [2.05, 4.69) is 34.6 Å². The average molecular weight is 247 g/mol. The summed E-state index contributed by atoms with van der Waals surface area (Å²) in [6.45, 7) is 11.5. The Morgan fingerprint density at radius 2 is 1.67 bits per heavy atom. The summed E-state index contributed by atoms with van der Waals surface area (Å²) < 4.78 is 0. The highest BCUT2D eigenvalue weighted by Crippen LogP contribution is 2.35. The van der Waals surface area contributed by atoms with Crippen molar-refractivity contribution in [2.24, 2.45) is 23.0 Å². The van der Waals surface area contributed by atoms with E-state index in [4.69, 9.17) is 5.73 Å². The first-order valence-electron chi connectivity index (χ1n) is 6.63. The maximum absolute atomic E-state index is 11.0. The van der Waals surface area contributed by atoms with Gasteiger partial charge in [0, 0.05) is 5.56 Å². The number of primary amides is 1. The third-order valence-electron chi connectivity index (χ3n) is 4.13. The van der Waals surface area contributed by atoms with Crippen LogP contribution in [-0.2, 0) is 6.42 Å². The summed E-state index contributed by atoms with van der Waals surface area (Å²) in [7, 11) is 0. The molecular formula is C16H25NO. The van der Waals surface area contributed by atoms with E-state index >= 15 is 0 Å². The lowest BCUT2D eigenvalue weighted by molar-refractivity contribution is 0.100. The highest BCUT2D eigenvalue weighted by atomic mass is 16.1. The Balaban J connectivity index is 2.81. The molecule has 1 amide bonds. The van der Waals surface area contributed by atoms with Crippen LogP contribution in [0.25, 0.3) is 0 Å². The van der Waals surface area contributed by atoms with Crippen molar-refractivity contribution in [2.75, 3.05) is 0 Å². The number of carbonyl (C=O) groups excluding carboxylic acids is 1. The van der Waals surface area contributed by atoms with Crippen molar-refractivity contribution in [3.63, 3.8) is 0 Å². The van der Waals surface area contributed by atoms with Gasteiger partial charge in [-0.25, -0.2) is 0 Å². The minimum Gasteiger partial charge on any atom is -0.366 e. The van der Waals surface area contributed by atoms with Crippen molar-refractivity contribution in [1.82, 2.24) is 0 Å². The molecule has 1 aromatic carbocycles. The highest BCUT2D eigenvalue weighted by molar-refractivity contribution is 5.92. The molecule has 1 atom stereocenters. The third-order valence-corrected chi connectivity index (χ3v) is 4.13. The van der Waals surface area contributed by atoms with Crippen molar-refractivity contribution in [3.05, 3.63) is 35.4 Å². The first-order chi connectivity index (χ1) is 8.24. The first-order valence-corrected chi connectivity index (χ1v) is 6.63. The van der Waals surface area contributed by atoms with Crippen LogP contribution in [0.1, 0.15) is 50.5 Å². The summed E-state index contributed by atoms with van der Waals surface area (Å²) in [6, 6.07) is 7.64. The van der Waals surface area contributed by atoms with Gasteiger partial charge in [-0.05, 0) is 41.4 Å². The monoisotopic (exact) mass is 247 g/mol. The number of amides is 1. The number of hydrogen-bond donors (Lipinski definition) is 1. The van der Waals surface area contributed by atoms with Crippen LogP contribution < -0.4 is 5.73 Å². The zero-order valence-electron chi connectivity index (χ0n) is 12.2. The fraction of sp³-hybridized carbons (Fsp3) is 0.562. The van der Waals surface area contributed by atoms with E-state index in [1.807, 2.05) is 24.3 Å². The van der Waals surface area contributed by atoms with Crippen LogP contribution in [0.3, 0.4) is 0 Å². The number of hydrogen-bond acceptors (Lipinski definition) is 1. The summed E-state index contributed by atoms with van der Waals surface area (Å²) >= 11 is 0. The second-order valence-electron chi connectivity index (χ2n) is 6.26. The molecule has 0 heterocycles. The smallest absolute Gasteiger partial charge is 0.248 e. The maximum atomic E-state index is 11.0. The number of rotatable bonds is 5. The molecule has 100 valence electrons. The van der Waals surface area contributed by atoms with Gasteiger partial charge in [0.15, 0.2) is 0 Å². The molecule has 0 bridgehead atoms. The van der Waals surface area contributed by atoms with Crippen molar-refractivity contribution in [3.8, 4) is 0 Å². The molecule has 0 aliphatic rings. The van der Waals surface area contributed by atoms with E-state index in [9.17, 15) is 4.79 Å². The van der Waals surface area contributed by atoms with Crippen LogP contribution in [0.2, 0.25) is 0 Å². The summed E-state index contributed by atoms with van der Waals surface area (Å²) in [5.41, 5.74) is 7.33. The molecule has 18 heavy (non-hydrogen) atoms. The van der Waals surface area contributed by atoms with Crippen LogP contribution >= 0.6 is 0 Å². The second kappa shape index (κ2) is 5.55. The molecule has 2 N–H and O–H groups in total. The van der Waals surface area contributed by atoms with Crippen LogP contribution in [-0.4, -0.2) is 5.91 Å². The summed E-state index contributed by atoms with van der Waals surface area (Å²) in [6.07, 6.45) is 1.02. The molecule has 2 nitrogen and oxygen atoms in total. The minimum absolute atomic E-state index is 0.252. The number of benzene rings is 1. The van der Waals surface area contributed by atoms with E-state index in [1.165, 1.54) is 5.56 Å². The molecule has 0 fully saturated rings. The van der Waals surface area contributed by atoms with Gasteiger partial charge in [-0.2, -0.15) is 0 Å². The van der Waals surface area contributed by atoms with Crippen LogP contribution in [0.15, 0.2) is 24.3 Å². The van der Waals surface area contributed by atoms with Gasteiger partial charge in [0.1, 0.15) is 0 Å². The van der Waals surface area contributed by atoms with Gasteiger partial charge in [-0.1, -0.05) is 46.8 Å². The third kappa shape index (κ3) is 3.59. The van der Waals surface area contributed by atoms with Crippen molar-refractivity contribution in [2.45, 2.75) is 41.0 Å². The SMILES string of the molecule is CC(C)C(C)C(C)(C)Cc1ccc(C(N)=O)cc1. The predicted molar refractivity (Wildman–Crippen MR) is 76.4 cm³/mol. The van der Waals surface area contributed by atoms with Gasteiger partial charge < -0.3 is 5.73 Å². The fourth-order valence-corrected chi connectivity index (χ4v) is 2.38. The lowest BCUT2D eigenvalue weighted by atomic mass is 9.70. The molecule has 0 saturated carbocycles. The average Bonchev–Trinajstić information content (AvgIpc) is 2.28. The highest BCUT2D eigenvalue weighted by Gasteiger charge is 2.28. The molecule has 0 aliphatic heterocycles. The van der Waals surface area contributed by atoms with E-state index in [0.29, 0.717) is 17.4 Å². The van der Waals surface area contributed by atoms with Gasteiger partial charge in [-0.3, -0.25) is 4.79 Å². The Labute approximate surface area is 111 Å². The van der Waals surface area contributed by atoms with Gasteiger partial charge >= 0.3 is 0 Å².